The molecular weight excluding hydrogens is 404 g/mol. The second kappa shape index (κ2) is 15.2. The molecule has 0 heterocycles. The van der Waals surface area contributed by atoms with Gasteiger partial charge in [0.25, 0.3) is 0 Å². The highest BCUT2D eigenvalue weighted by Crippen LogP contribution is 2.17. The van der Waals surface area contributed by atoms with Crippen LogP contribution in [0.5, 0.6) is 11.5 Å². The van der Waals surface area contributed by atoms with E-state index >= 15 is 0 Å². The van der Waals surface area contributed by atoms with Crippen molar-refractivity contribution in [2.45, 2.75) is 39.4 Å². The maximum Gasteiger partial charge on any atom is 0.118 e. The monoisotopic (exact) mass is 440 g/mol. The Balaban J connectivity index is 1.78. The van der Waals surface area contributed by atoms with Crippen LogP contribution in [-0.2, 0) is 22.7 Å². The first-order chi connectivity index (χ1) is 15.7. The van der Waals surface area contributed by atoms with Gasteiger partial charge in [0.05, 0.1) is 40.6 Å². The molecule has 0 saturated heterocycles. The predicted molar refractivity (Wildman–Crippen MR) is 128 cm³/mol. The van der Waals surface area contributed by atoms with Crippen LogP contribution < -0.4 is 9.47 Å². The molecule has 174 valence electrons. The van der Waals surface area contributed by atoms with E-state index in [1.165, 1.54) is 11.1 Å². The Bertz CT molecular complexity index is 822. The number of rotatable bonds is 15. The Hall–Kier alpha value is -2.60. The maximum atomic E-state index is 9.14. The third kappa shape index (κ3) is 9.69. The lowest BCUT2D eigenvalue weighted by Crippen LogP contribution is -2.00. The van der Waals surface area contributed by atoms with Crippen LogP contribution >= 0.6 is 0 Å². The summed E-state index contributed by atoms with van der Waals surface area (Å²) in [5.41, 5.74) is 4.67. The van der Waals surface area contributed by atoms with Gasteiger partial charge in [0.15, 0.2) is 0 Å². The topological polar surface area (TPSA) is 57.2 Å². The first kappa shape index (κ1) is 25.7. The van der Waals surface area contributed by atoms with Gasteiger partial charge in [0.2, 0.25) is 0 Å². The van der Waals surface area contributed by atoms with Crippen molar-refractivity contribution in [3.05, 3.63) is 83.0 Å². The summed E-state index contributed by atoms with van der Waals surface area (Å²) in [6, 6.07) is 15.8. The molecule has 0 bridgehead atoms. The van der Waals surface area contributed by atoms with Crippen LogP contribution in [0.1, 0.15) is 37.3 Å². The fourth-order valence-electron chi connectivity index (χ4n) is 3.19. The summed E-state index contributed by atoms with van der Waals surface area (Å²) in [6.07, 6.45) is 6.60. The molecule has 2 rings (SSSR count). The largest absolute Gasteiger partial charge is 0.497 e. The van der Waals surface area contributed by atoms with E-state index in [4.69, 9.17) is 24.1 Å². The van der Waals surface area contributed by atoms with Gasteiger partial charge in [0.1, 0.15) is 11.5 Å². The zero-order chi connectivity index (χ0) is 23.0. The van der Waals surface area contributed by atoms with Gasteiger partial charge in [-0.25, -0.2) is 0 Å². The lowest BCUT2D eigenvalue weighted by atomic mass is 10.0. The number of benzene rings is 2. The van der Waals surface area contributed by atoms with Crippen molar-refractivity contribution in [2.75, 3.05) is 34.0 Å². The summed E-state index contributed by atoms with van der Waals surface area (Å²) in [6.45, 7) is 4.68. The highest BCUT2D eigenvalue weighted by Gasteiger charge is 2.03. The van der Waals surface area contributed by atoms with E-state index in [1.807, 2.05) is 48.5 Å². The van der Waals surface area contributed by atoms with Crippen LogP contribution in [-0.4, -0.2) is 39.1 Å². The SMILES string of the molecule is COc1ccc(COCC/C=C(CCOCc2ccc(OC)cc2)\C(C)=C\CCO)cc1. The van der Waals surface area contributed by atoms with Gasteiger partial charge in [-0.3, -0.25) is 0 Å². The molecule has 0 spiro atoms. The summed E-state index contributed by atoms with van der Waals surface area (Å²) in [4.78, 5) is 0. The van der Waals surface area contributed by atoms with E-state index in [2.05, 4.69) is 19.1 Å². The Morgan fingerprint density at radius 2 is 1.28 bits per heavy atom. The number of methoxy groups -OCH3 is 2. The van der Waals surface area contributed by atoms with Crippen molar-refractivity contribution in [1.29, 1.82) is 0 Å². The van der Waals surface area contributed by atoms with Crippen LogP contribution in [0, 0.1) is 0 Å². The first-order valence-electron chi connectivity index (χ1n) is 11.0. The molecule has 0 fully saturated rings. The zero-order valence-corrected chi connectivity index (χ0v) is 19.5. The van der Waals surface area contributed by atoms with Crippen molar-refractivity contribution < 1.29 is 24.1 Å². The fraction of sp³-hybridized carbons (Fsp3) is 0.407. The fourth-order valence-corrected chi connectivity index (χ4v) is 3.19. The average molecular weight is 441 g/mol. The summed E-state index contributed by atoms with van der Waals surface area (Å²) in [5, 5.41) is 9.14. The Morgan fingerprint density at radius 1 is 0.750 bits per heavy atom. The average Bonchev–Trinajstić information content (AvgIpc) is 2.84. The molecule has 5 nitrogen and oxygen atoms in total. The van der Waals surface area contributed by atoms with Crippen molar-refractivity contribution in [1.82, 2.24) is 0 Å². The summed E-state index contributed by atoms with van der Waals surface area (Å²) in [5.74, 6) is 1.69. The second-order valence-corrected chi connectivity index (χ2v) is 7.47. The van der Waals surface area contributed by atoms with Crippen LogP contribution in [0.3, 0.4) is 0 Å². The first-order valence-corrected chi connectivity index (χ1v) is 11.0. The molecule has 2 aromatic carbocycles. The molecule has 32 heavy (non-hydrogen) atoms. The van der Waals surface area contributed by atoms with Crippen LogP contribution in [0.2, 0.25) is 0 Å². The standard InChI is InChI=1S/C27H36O5/c1-22(6-4-17-28)25(16-19-32-21-24-10-14-27(30-3)15-11-24)7-5-18-31-20-23-8-12-26(29-2)13-9-23/h6-15,28H,4-5,16-21H2,1-3H3/b22-6+,25-7-. The van der Waals surface area contributed by atoms with Gasteiger partial charge in [0, 0.05) is 6.61 Å². The van der Waals surface area contributed by atoms with Crippen LogP contribution in [0.25, 0.3) is 0 Å². The number of ether oxygens (including phenoxy) is 4. The second-order valence-electron chi connectivity index (χ2n) is 7.47. The minimum atomic E-state index is 0.156. The molecule has 0 atom stereocenters. The Labute approximate surface area is 192 Å². The smallest absolute Gasteiger partial charge is 0.118 e. The molecular formula is C27H36O5. The van der Waals surface area contributed by atoms with E-state index in [0.717, 1.165) is 35.5 Å². The highest BCUT2D eigenvalue weighted by molar-refractivity contribution is 5.29. The zero-order valence-electron chi connectivity index (χ0n) is 19.5. The van der Waals surface area contributed by atoms with E-state index in [9.17, 15) is 0 Å². The summed E-state index contributed by atoms with van der Waals surface area (Å²) in [7, 11) is 3.33. The number of aliphatic hydroxyl groups is 1. The van der Waals surface area contributed by atoms with Crippen molar-refractivity contribution in [3.63, 3.8) is 0 Å². The van der Waals surface area contributed by atoms with Crippen molar-refractivity contribution in [3.8, 4) is 11.5 Å². The van der Waals surface area contributed by atoms with Gasteiger partial charge in [-0.1, -0.05) is 42.0 Å². The number of aliphatic hydroxyl groups excluding tert-OH is 1. The number of hydrogen-bond acceptors (Lipinski definition) is 5. The molecule has 1 N–H and O–H groups in total. The summed E-state index contributed by atoms with van der Waals surface area (Å²) < 4.78 is 22.1. The molecule has 2 aromatic rings. The van der Waals surface area contributed by atoms with E-state index in [0.29, 0.717) is 32.8 Å². The van der Waals surface area contributed by atoms with Crippen molar-refractivity contribution in [2.24, 2.45) is 0 Å². The van der Waals surface area contributed by atoms with Gasteiger partial charge in [-0.15, -0.1) is 0 Å². The van der Waals surface area contributed by atoms with Gasteiger partial charge in [-0.05, 0) is 67.2 Å². The molecule has 0 amide bonds. The molecule has 5 heteroatoms. The third-order valence-corrected chi connectivity index (χ3v) is 5.11. The Kier molecular flexibility index (Phi) is 12.2. The van der Waals surface area contributed by atoms with Gasteiger partial charge < -0.3 is 24.1 Å². The summed E-state index contributed by atoms with van der Waals surface area (Å²) >= 11 is 0. The molecule has 0 aromatic heterocycles. The van der Waals surface area contributed by atoms with E-state index in [-0.39, 0.29) is 6.61 Å². The molecule has 0 radical (unpaired) electrons. The lowest BCUT2D eigenvalue weighted by Gasteiger charge is -2.11. The quantitative estimate of drug-likeness (QED) is 0.294. The molecule has 0 aliphatic rings. The lowest BCUT2D eigenvalue weighted by molar-refractivity contribution is 0.122. The van der Waals surface area contributed by atoms with Gasteiger partial charge >= 0.3 is 0 Å². The minimum absolute atomic E-state index is 0.156. The molecule has 0 saturated carbocycles. The minimum Gasteiger partial charge on any atom is -0.497 e. The van der Waals surface area contributed by atoms with Gasteiger partial charge in [-0.2, -0.15) is 0 Å². The maximum absolute atomic E-state index is 9.14. The molecule has 0 aliphatic heterocycles. The van der Waals surface area contributed by atoms with E-state index < -0.39 is 0 Å². The highest BCUT2D eigenvalue weighted by atomic mass is 16.5. The normalized spacial score (nSPS) is 12.1. The van der Waals surface area contributed by atoms with Crippen LogP contribution in [0.4, 0.5) is 0 Å². The van der Waals surface area contributed by atoms with E-state index in [1.54, 1.807) is 14.2 Å². The molecule has 0 aliphatic carbocycles. The predicted octanol–water partition coefficient (Wildman–Crippen LogP) is 5.47. The Morgan fingerprint density at radius 3 is 1.78 bits per heavy atom. The van der Waals surface area contributed by atoms with Crippen molar-refractivity contribution >= 4 is 0 Å². The number of hydrogen-bond donors (Lipinski definition) is 1. The van der Waals surface area contributed by atoms with Crippen LogP contribution in [0.15, 0.2) is 71.8 Å². The number of allylic oxidation sites excluding steroid dienone is 1. The molecule has 0 unspecified atom stereocenters. The third-order valence-electron chi connectivity index (χ3n) is 5.11.